The molecule has 0 atom stereocenters. The van der Waals surface area contributed by atoms with Gasteiger partial charge in [-0.3, -0.25) is 9.59 Å². The highest BCUT2D eigenvalue weighted by atomic mass is 16.6. The number of rotatable bonds is 3. The maximum absolute atomic E-state index is 11.3. The summed E-state index contributed by atoms with van der Waals surface area (Å²) in [7, 11) is 0. The van der Waals surface area contributed by atoms with E-state index in [4.69, 9.17) is 19.3 Å². The monoisotopic (exact) mass is 450 g/mol. The Morgan fingerprint density at radius 1 is 0.812 bits per heavy atom. The van der Waals surface area contributed by atoms with Crippen LogP contribution in [0.3, 0.4) is 0 Å². The van der Waals surface area contributed by atoms with E-state index in [-0.39, 0.29) is 36.9 Å². The van der Waals surface area contributed by atoms with Crippen molar-refractivity contribution >= 4 is 17.9 Å². The van der Waals surface area contributed by atoms with Crippen LogP contribution in [0, 0.1) is 0 Å². The van der Waals surface area contributed by atoms with Crippen molar-refractivity contribution in [2.75, 3.05) is 19.8 Å². The summed E-state index contributed by atoms with van der Waals surface area (Å²) in [5.41, 5.74) is 0.464. The van der Waals surface area contributed by atoms with Gasteiger partial charge in [0.2, 0.25) is 0 Å². The summed E-state index contributed by atoms with van der Waals surface area (Å²) in [6.45, 7) is 2.74. The van der Waals surface area contributed by atoms with Gasteiger partial charge < -0.3 is 19.3 Å². The first-order chi connectivity index (χ1) is 15.5. The van der Waals surface area contributed by atoms with Crippen molar-refractivity contribution in [2.45, 2.75) is 84.0 Å². The van der Waals surface area contributed by atoms with E-state index in [1.165, 1.54) is 56.4 Å². The highest BCUT2D eigenvalue weighted by Gasteiger charge is 2.07. The lowest BCUT2D eigenvalue weighted by Crippen LogP contribution is -2.13. The zero-order valence-electron chi connectivity index (χ0n) is 19.3. The van der Waals surface area contributed by atoms with E-state index in [0.29, 0.717) is 25.0 Å². The van der Waals surface area contributed by atoms with Gasteiger partial charge in [-0.15, -0.1) is 0 Å². The van der Waals surface area contributed by atoms with Crippen LogP contribution in [0.2, 0.25) is 0 Å². The molecule has 0 unspecified atom stereocenters. The molecule has 0 aliphatic carbocycles. The Labute approximate surface area is 191 Å². The number of phenolic OH excluding ortho intramolecular Hbond substituents is 1. The molecule has 7 nitrogen and oxygen atoms in total. The molecule has 1 saturated heterocycles. The number of benzene rings is 1. The van der Waals surface area contributed by atoms with E-state index in [9.17, 15) is 14.4 Å². The Morgan fingerprint density at radius 3 is 1.69 bits per heavy atom. The fourth-order valence-corrected chi connectivity index (χ4v) is 3.11. The van der Waals surface area contributed by atoms with Crippen molar-refractivity contribution in [1.29, 1.82) is 0 Å². The number of esters is 3. The van der Waals surface area contributed by atoms with Crippen molar-refractivity contribution < 1.29 is 33.7 Å². The van der Waals surface area contributed by atoms with Crippen molar-refractivity contribution in [1.82, 2.24) is 0 Å². The summed E-state index contributed by atoms with van der Waals surface area (Å²) < 4.78 is 14.9. The number of hydrogen-bond donors (Lipinski definition) is 1. The lowest BCUT2D eigenvalue weighted by Gasteiger charge is -2.06. The Morgan fingerprint density at radius 2 is 1.25 bits per heavy atom. The summed E-state index contributed by atoms with van der Waals surface area (Å²) in [5, 5.41) is 8.96. The lowest BCUT2D eigenvalue weighted by atomic mass is 10.1. The fraction of sp³-hybridized carbons (Fsp3) is 0.640. The van der Waals surface area contributed by atoms with Gasteiger partial charge in [0.25, 0.3) is 0 Å². The van der Waals surface area contributed by atoms with E-state index in [0.717, 1.165) is 32.1 Å². The average molecular weight is 451 g/mol. The van der Waals surface area contributed by atoms with Crippen LogP contribution in [0.25, 0.3) is 0 Å². The highest BCUT2D eigenvalue weighted by molar-refractivity contribution is 5.89. The minimum atomic E-state index is -0.346. The second-order valence-corrected chi connectivity index (χ2v) is 7.81. The smallest absolute Gasteiger partial charge is 0.338 e. The lowest BCUT2D eigenvalue weighted by molar-refractivity contribution is -0.152. The van der Waals surface area contributed by atoms with Crippen LogP contribution < -0.4 is 0 Å². The van der Waals surface area contributed by atoms with Gasteiger partial charge in [-0.25, -0.2) is 4.79 Å². The molecule has 1 heterocycles. The van der Waals surface area contributed by atoms with E-state index in [2.05, 4.69) is 0 Å². The standard InChI is InChI=1S/C15H26O4.C10H12O3/c16-14-10-8-6-4-2-1-3-5-7-9-11-15(17)19-13-12-18-14;1-2-7-13-10(12)8-3-5-9(11)6-4-8/h1-13H2;3-6,11H,2,7H2,1H3. The van der Waals surface area contributed by atoms with E-state index in [1.54, 1.807) is 0 Å². The maximum Gasteiger partial charge on any atom is 0.338 e. The van der Waals surface area contributed by atoms with Crippen LogP contribution in [0.5, 0.6) is 5.75 Å². The number of carbonyl (C=O) groups is 3. The van der Waals surface area contributed by atoms with E-state index < -0.39 is 0 Å². The van der Waals surface area contributed by atoms with Crippen molar-refractivity contribution in [3.05, 3.63) is 29.8 Å². The zero-order chi connectivity index (χ0) is 23.4. The molecule has 0 amide bonds. The van der Waals surface area contributed by atoms with Crippen LogP contribution in [-0.4, -0.2) is 42.8 Å². The van der Waals surface area contributed by atoms with Gasteiger partial charge in [0, 0.05) is 12.8 Å². The topological polar surface area (TPSA) is 99.1 Å². The maximum atomic E-state index is 11.3. The third-order valence-electron chi connectivity index (χ3n) is 4.91. The Bertz CT molecular complexity index is 629. The summed E-state index contributed by atoms with van der Waals surface area (Å²) in [6.07, 6.45) is 11.9. The number of ether oxygens (including phenoxy) is 3. The van der Waals surface area contributed by atoms with Crippen LogP contribution in [0.1, 0.15) is 94.3 Å². The van der Waals surface area contributed by atoms with Gasteiger partial charge in [0.15, 0.2) is 0 Å². The van der Waals surface area contributed by atoms with Gasteiger partial charge >= 0.3 is 17.9 Å². The molecule has 0 aromatic heterocycles. The number of phenols is 1. The molecule has 1 fully saturated rings. The van der Waals surface area contributed by atoms with Crippen molar-refractivity contribution in [3.8, 4) is 5.75 Å². The first-order valence-electron chi connectivity index (χ1n) is 11.8. The predicted molar refractivity (Wildman–Crippen MR) is 121 cm³/mol. The van der Waals surface area contributed by atoms with Crippen LogP contribution >= 0.6 is 0 Å². The molecule has 32 heavy (non-hydrogen) atoms. The molecular formula is C25H38O7. The second-order valence-electron chi connectivity index (χ2n) is 7.81. The molecule has 1 N–H and O–H groups in total. The third-order valence-corrected chi connectivity index (χ3v) is 4.91. The average Bonchev–Trinajstić information content (AvgIpc) is 2.79. The molecule has 0 saturated carbocycles. The second kappa shape index (κ2) is 18.0. The van der Waals surface area contributed by atoms with E-state index in [1.807, 2.05) is 6.92 Å². The molecule has 7 heteroatoms. The highest BCUT2D eigenvalue weighted by Crippen LogP contribution is 2.12. The van der Waals surface area contributed by atoms with Gasteiger partial charge in [0.1, 0.15) is 19.0 Å². The number of cyclic esters (lactones) is 2. The predicted octanol–water partition coefficient (Wildman–Crippen LogP) is 5.34. The first kappa shape index (κ1) is 27.5. The Kier molecular flexibility index (Phi) is 15.5. The van der Waals surface area contributed by atoms with Gasteiger partial charge in [-0.2, -0.15) is 0 Å². The van der Waals surface area contributed by atoms with Crippen molar-refractivity contribution in [2.24, 2.45) is 0 Å². The molecule has 1 aromatic carbocycles. The fourth-order valence-electron chi connectivity index (χ4n) is 3.11. The molecule has 0 bridgehead atoms. The molecule has 1 aromatic rings. The molecule has 0 spiro atoms. The molecule has 1 aliphatic rings. The SMILES string of the molecule is CCCOC(=O)c1ccc(O)cc1.O=C1CCCCCCCCCCCC(=O)OCCO1. The zero-order valence-corrected chi connectivity index (χ0v) is 19.3. The largest absolute Gasteiger partial charge is 0.508 e. The Balaban J connectivity index is 0.000000343. The van der Waals surface area contributed by atoms with Crippen LogP contribution in [0.4, 0.5) is 0 Å². The summed E-state index contributed by atoms with van der Waals surface area (Å²) >= 11 is 0. The minimum absolute atomic E-state index is 0.145. The number of aromatic hydroxyl groups is 1. The molecule has 0 radical (unpaired) electrons. The summed E-state index contributed by atoms with van der Waals surface area (Å²) in [5.74, 6) is -0.561. The third kappa shape index (κ3) is 14.4. The van der Waals surface area contributed by atoms with Crippen LogP contribution in [0.15, 0.2) is 24.3 Å². The number of carbonyl (C=O) groups excluding carboxylic acids is 3. The normalized spacial score (nSPS) is 17.0. The van der Waals surface area contributed by atoms with Crippen molar-refractivity contribution in [3.63, 3.8) is 0 Å². The van der Waals surface area contributed by atoms with Crippen LogP contribution in [-0.2, 0) is 23.8 Å². The van der Waals surface area contributed by atoms with Gasteiger partial charge in [-0.1, -0.05) is 51.9 Å². The number of hydrogen-bond acceptors (Lipinski definition) is 7. The quantitative estimate of drug-likeness (QED) is 0.490. The van der Waals surface area contributed by atoms with E-state index >= 15 is 0 Å². The summed E-state index contributed by atoms with van der Waals surface area (Å²) in [6, 6.07) is 5.99. The Hall–Kier alpha value is -2.57. The molecule has 180 valence electrons. The van der Waals surface area contributed by atoms with Gasteiger partial charge in [0.05, 0.1) is 12.2 Å². The minimum Gasteiger partial charge on any atom is -0.508 e. The van der Waals surface area contributed by atoms with Gasteiger partial charge in [-0.05, 0) is 43.5 Å². The molecule has 1 aliphatic heterocycles. The molecule has 2 rings (SSSR count). The molecular weight excluding hydrogens is 412 g/mol. The summed E-state index contributed by atoms with van der Waals surface area (Å²) in [4.78, 5) is 33.9. The first-order valence-corrected chi connectivity index (χ1v) is 11.8.